The Labute approximate surface area is 102 Å². The van der Waals surface area contributed by atoms with Gasteiger partial charge in [0.2, 0.25) is 0 Å². The van der Waals surface area contributed by atoms with Crippen LogP contribution in [0.3, 0.4) is 0 Å². The van der Waals surface area contributed by atoms with E-state index in [0.717, 1.165) is 18.8 Å². The third-order valence-corrected chi connectivity index (χ3v) is 4.51. The second-order valence-corrected chi connectivity index (χ2v) is 5.39. The van der Waals surface area contributed by atoms with E-state index in [0.29, 0.717) is 12.0 Å². The van der Waals surface area contributed by atoms with E-state index in [4.69, 9.17) is 5.73 Å². The summed E-state index contributed by atoms with van der Waals surface area (Å²) in [6.07, 6.45) is 3.86. The molecule has 90 valence electrons. The van der Waals surface area contributed by atoms with E-state index in [2.05, 4.69) is 29.1 Å². The molecular weight excluding hydrogens is 218 g/mol. The quantitative estimate of drug-likeness (QED) is 0.877. The molecule has 0 aromatic carbocycles. The molecule has 2 atom stereocenters. The van der Waals surface area contributed by atoms with Gasteiger partial charge in [-0.15, -0.1) is 11.3 Å². The molecule has 0 bridgehead atoms. The SMILES string of the molecule is CCN(c1nc(C)cs1)C1CCCC1CN. The largest absolute Gasteiger partial charge is 0.345 e. The second kappa shape index (κ2) is 5.15. The van der Waals surface area contributed by atoms with E-state index in [9.17, 15) is 0 Å². The molecule has 1 saturated carbocycles. The van der Waals surface area contributed by atoms with Gasteiger partial charge in [-0.05, 0) is 39.2 Å². The Morgan fingerprint density at radius 2 is 2.38 bits per heavy atom. The van der Waals surface area contributed by atoms with Crippen molar-refractivity contribution in [1.82, 2.24) is 4.98 Å². The highest BCUT2D eigenvalue weighted by Gasteiger charge is 2.31. The van der Waals surface area contributed by atoms with Crippen LogP contribution in [0.15, 0.2) is 5.38 Å². The summed E-state index contributed by atoms with van der Waals surface area (Å²) in [6.45, 7) is 6.12. The second-order valence-electron chi connectivity index (χ2n) is 4.55. The molecule has 1 fully saturated rings. The van der Waals surface area contributed by atoms with Crippen molar-refractivity contribution in [2.45, 2.75) is 39.2 Å². The smallest absolute Gasteiger partial charge is 0.185 e. The van der Waals surface area contributed by atoms with E-state index in [1.165, 1.54) is 24.4 Å². The maximum absolute atomic E-state index is 5.86. The zero-order chi connectivity index (χ0) is 11.5. The molecule has 16 heavy (non-hydrogen) atoms. The van der Waals surface area contributed by atoms with Gasteiger partial charge in [-0.25, -0.2) is 4.98 Å². The number of anilines is 1. The van der Waals surface area contributed by atoms with E-state index in [1.807, 2.05) is 0 Å². The fourth-order valence-electron chi connectivity index (χ4n) is 2.69. The van der Waals surface area contributed by atoms with E-state index in [1.54, 1.807) is 11.3 Å². The first-order chi connectivity index (χ1) is 7.76. The van der Waals surface area contributed by atoms with Gasteiger partial charge in [-0.3, -0.25) is 0 Å². The monoisotopic (exact) mass is 239 g/mol. The van der Waals surface area contributed by atoms with Crippen LogP contribution in [0.5, 0.6) is 0 Å². The van der Waals surface area contributed by atoms with Gasteiger partial charge in [-0.1, -0.05) is 6.42 Å². The summed E-state index contributed by atoms with van der Waals surface area (Å²) in [5.41, 5.74) is 6.98. The first-order valence-corrected chi connectivity index (χ1v) is 7.03. The van der Waals surface area contributed by atoms with Crippen molar-refractivity contribution < 1.29 is 0 Å². The third kappa shape index (κ3) is 2.23. The van der Waals surface area contributed by atoms with Crippen molar-refractivity contribution in [1.29, 1.82) is 0 Å². The molecule has 0 saturated heterocycles. The summed E-state index contributed by atoms with van der Waals surface area (Å²) in [4.78, 5) is 7.05. The summed E-state index contributed by atoms with van der Waals surface area (Å²) in [5.74, 6) is 0.657. The fourth-order valence-corrected chi connectivity index (χ4v) is 3.61. The Bertz CT molecular complexity index is 337. The topological polar surface area (TPSA) is 42.2 Å². The zero-order valence-electron chi connectivity index (χ0n) is 10.1. The van der Waals surface area contributed by atoms with E-state index < -0.39 is 0 Å². The van der Waals surface area contributed by atoms with Crippen molar-refractivity contribution in [3.63, 3.8) is 0 Å². The maximum atomic E-state index is 5.86. The molecule has 1 aliphatic carbocycles. The van der Waals surface area contributed by atoms with Gasteiger partial charge in [0.15, 0.2) is 5.13 Å². The van der Waals surface area contributed by atoms with Crippen LogP contribution in [0.25, 0.3) is 0 Å². The molecule has 1 aromatic heterocycles. The van der Waals surface area contributed by atoms with Gasteiger partial charge in [0, 0.05) is 18.0 Å². The van der Waals surface area contributed by atoms with Crippen molar-refractivity contribution in [3.8, 4) is 0 Å². The number of hydrogen-bond donors (Lipinski definition) is 1. The molecule has 1 aromatic rings. The number of thiazole rings is 1. The average molecular weight is 239 g/mol. The van der Waals surface area contributed by atoms with Gasteiger partial charge in [0.1, 0.15) is 0 Å². The minimum atomic E-state index is 0.612. The molecule has 0 amide bonds. The van der Waals surface area contributed by atoms with E-state index in [-0.39, 0.29) is 0 Å². The normalized spacial score (nSPS) is 24.9. The lowest BCUT2D eigenvalue weighted by molar-refractivity contribution is 0.461. The average Bonchev–Trinajstić information content (AvgIpc) is 2.89. The molecule has 0 aliphatic heterocycles. The number of aromatic nitrogens is 1. The summed E-state index contributed by atoms with van der Waals surface area (Å²) in [5, 5.41) is 3.30. The number of nitrogens with two attached hydrogens (primary N) is 1. The predicted molar refractivity (Wildman–Crippen MR) is 70.1 cm³/mol. The van der Waals surface area contributed by atoms with Crippen LogP contribution in [0, 0.1) is 12.8 Å². The lowest BCUT2D eigenvalue weighted by atomic mass is 10.0. The first-order valence-electron chi connectivity index (χ1n) is 6.15. The molecule has 4 heteroatoms. The van der Waals surface area contributed by atoms with Crippen molar-refractivity contribution in [2.24, 2.45) is 11.7 Å². The molecule has 0 spiro atoms. The minimum Gasteiger partial charge on any atom is -0.345 e. The van der Waals surface area contributed by atoms with Gasteiger partial charge in [0.05, 0.1) is 5.69 Å². The highest BCUT2D eigenvalue weighted by atomic mass is 32.1. The number of aryl methyl sites for hydroxylation is 1. The van der Waals surface area contributed by atoms with Crippen LogP contribution in [-0.2, 0) is 0 Å². The molecule has 3 nitrogen and oxygen atoms in total. The van der Waals surface area contributed by atoms with Crippen molar-refractivity contribution in [2.75, 3.05) is 18.0 Å². The number of hydrogen-bond acceptors (Lipinski definition) is 4. The summed E-state index contributed by atoms with van der Waals surface area (Å²) in [6, 6.07) is 0.612. The first kappa shape index (κ1) is 11.9. The molecule has 2 unspecified atom stereocenters. The summed E-state index contributed by atoms with van der Waals surface area (Å²) in [7, 11) is 0. The molecule has 2 rings (SSSR count). The zero-order valence-corrected chi connectivity index (χ0v) is 11.0. The Hall–Kier alpha value is -0.610. The van der Waals surface area contributed by atoms with Crippen LogP contribution in [0.1, 0.15) is 31.9 Å². The molecule has 1 aliphatic rings. The maximum Gasteiger partial charge on any atom is 0.185 e. The van der Waals surface area contributed by atoms with E-state index >= 15 is 0 Å². The third-order valence-electron chi connectivity index (χ3n) is 3.52. The highest BCUT2D eigenvalue weighted by molar-refractivity contribution is 7.13. The van der Waals surface area contributed by atoms with Crippen molar-refractivity contribution >= 4 is 16.5 Å². The Balaban J connectivity index is 2.15. The Morgan fingerprint density at radius 3 is 2.94 bits per heavy atom. The standard InChI is InChI=1S/C12H21N3S/c1-3-15(12-14-9(2)8-16-12)11-6-4-5-10(11)7-13/h8,10-11H,3-7,13H2,1-2H3. The fraction of sp³-hybridized carbons (Fsp3) is 0.750. The number of nitrogens with zero attached hydrogens (tertiary/aromatic N) is 2. The van der Waals surface area contributed by atoms with Crippen LogP contribution in [0.4, 0.5) is 5.13 Å². The Morgan fingerprint density at radius 1 is 1.56 bits per heavy atom. The van der Waals surface area contributed by atoms with Crippen molar-refractivity contribution in [3.05, 3.63) is 11.1 Å². The Kier molecular flexibility index (Phi) is 3.82. The van der Waals surface area contributed by atoms with Gasteiger partial charge >= 0.3 is 0 Å². The van der Waals surface area contributed by atoms with Crippen LogP contribution >= 0.6 is 11.3 Å². The molecule has 2 N–H and O–H groups in total. The molecular formula is C12H21N3S. The number of rotatable bonds is 4. The lowest BCUT2D eigenvalue weighted by Crippen LogP contribution is -2.40. The van der Waals surface area contributed by atoms with Gasteiger partial charge < -0.3 is 10.6 Å². The predicted octanol–water partition coefficient (Wildman–Crippen LogP) is 2.41. The molecule has 0 radical (unpaired) electrons. The van der Waals surface area contributed by atoms with Gasteiger partial charge in [0.25, 0.3) is 0 Å². The summed E-state index contributed by atoms with van der Waals surface area (Å²) < 4.78 is 0. The minimum absolute atomic E-state index is 0.612. The molecule has 1 heterocycles. The van der Waals surface area contributed by atoms with Crippen LogP contribution in [0.2, 0.25) is 0 Å². The lowest BCUT2D eigenvalue weighted by Gasteiger charge is -2.31. The van der Waals surface area contributed by atoms with Crippen LogP contribution < -0.4 is 10.6 Å². The van der Waals surface area contributed by atoms with Gasteiger partial charge in [-0.2, -0.15) is 0 Å². The summed E-state index contributed by atoms with van der Waals surface area (Å²) >= 11 is 1.76. The van der Waals surface area contributed by atoms with Crippen LogP contribution in [-0.4, -0.2) is 24.1 Å². The highest BCUT2D eigenvalue weighted by Crippen LogP contribution is 2.33.